The van der Waals surface area contributed by atoms with Crippen LogP contribution in [0.4, 0.5) is 11.4 Å². The Labute approximate surface area is 233 Å². The van der Waals surface area contributed by atoms with Crippen LogP contribution in [-0.2, 0) is 17.9 Å². The number of anilines is 2. The molecule has 0 unspecified atom stereocenters. The van der Waals surface area contributed by atoms with E-state index in [-0.39, 0.29) is 18.2 Å². The predicted octanol–water partition coefficient (Wildman–Crippen LogP) is 5.00. The summed E-state index contributed by atoms with van der Waals surface area (Å²) in [6, 6.07) is 31.9. The third-order valence-corrected chi connectivity index (χ3v) is 6.46. The van der Waals surface area contributed by atoms with E-state index in [1.54, 1.807) is 24.3 Å². The van der Waals surface area contributed by atoms with Crippen LogP contribution >= 0.6 is 0 Å². The standard InChI is InChI=1S/C32H32N4O4/c33-27(32(39)40)19-20-36(21-25-15-7-9-17-28(25)34-30(37)23-11-3-1-4-12-23)22-26-16-8-10-18-29(26)35-31(38)24-13-5-2-6-14-24/h1-18,27H,19-22,33H2,(H,34,37)(H,35,38)(H,39,40)/t27-/m0/s1. The second-order valence-electron chi connectivity index (χ2n) is 9.40. The van der Waals surface area contributed by atoms with Gasteiger partial charge >= 0.3 is 5.97 Å². The molecule has 0 heterocycles. The molecule has 204 valence electrons. The second-order valence-corrected chi connectivity index (χ2v) is 9.40. The van der Waals surface area contributed by atoms with Gasteiger partial charge in [0, 0.05) is 42.1 Å². The molecule has 2 amide bonds. The molecule has 4 aromatic carbocycles. The van der Waals surface area contributed by atoms with Gasteiger partial charge in [-0.3, -0.25) is 19.3 Å². The van der Waals surface area contributed by atoms with Crippen LogP contribution in [0, 0.1) is 0 Å². The molecule has 0 saturated carbocycles. The van der Waals surface area contributed by atoms with Crippen LogP contribution in [-0.4, -0.2) is 40.4 Å². The summed E-state index contributed by atoms with van der Waals surface area (Å²) in [4.78, 5) is 39.2. The molecule has 0 bridgehead atoms. The highest BCUT2D eigenvalue weighted by Crippen LogP contribution is 2.23. The Kier molecular flexibility index (Phi) is 9.77. The topological polar surface area (TPSA) is 125 Å². The Hall–Kier alpha value is -4.79. The Morgan fingerprint density at radius 1 is 0.650 bits per heavy atom. The maximum absolute atomic E-state index is 12.9. The zero-order valence-electron chi connectivity index (χ0n) is 22.0. The van der Waals surface area contributed by atoms with Crippen molar-refractivity contribution < 1.29 is 19.5 Å². The van der Waals surface area contributed by atoms with Gasteiger partial charge in [-0.15, -0.1) is 0 Å². The first-order valence-corrected chi connectivity index (χ1v) is 13.0. The smallest absolute Gasteiger partial charge is 0.320 e. The van der Waals surface area contributed by atoms with E-state index in [2.05, 4.69) is 15.5 Å². The third kappa shape index (κ3) is 7.86. The Balaban J connectivity index is 1.56. The molecule has 0 spiro atoms. The second kappa shape index (κ2) is 13.8. The zero-order valence-corrected chi connectivity index (χ0v) is 22.0. The molecule has 5 N–H and O–H groups in total. The lowest BCUT2D eigenvalue weighted by atomic mass is 10.1. The summed E-state index contributed by atoms with van der Waals surface area (Å²) < 4.78 is 0. The first-order chi connectivity index (χ1) is 19.4. The number of carboxylic acids is 1. The fourth-order valence-corrected chi connectivity index (χ4v) is 4.27. The summed E-state index contributed by atoms with van der Waals surface area (Å²) in [5.74, 6) is -1.51. The van der Waals surface area contributed by atoms with E-state index < -0.39 is 12.0 Å². The van der Waals surface area contributed by atoms with E-state index >= 15 is 0 Å². The van der Waals surface area contributed by atoms with Crippen LogP contribution < -0.4 is 16.4 Å². The molecule has 4 aromatic rings. The molecule has 40 heavy (non-hydrogen) atoms. The molecule has 4 rings (SSSR count). The van der Waals surface area contributed by atoms with Gasteiger partial charge in [0.2, 0.25) is 0 Å². The number of nitrogens with two attached hydrogens (primary N) is 1. The van der Waals surface area contributed by atoms with E-state index in [9.17, 15) is 19.5 Å². The minimum Gasteiger partial charge on any atom is -0.480 e. The third-order valence-electron chi connectivity index (χ3n) is 6.46. The van der Waals surface area contributed by atoms with Gasteiger partial charge in [0.05, 0.1) is 0 Å². The van der Waals surface area contributed by atoms with Crippen molar-refractivity contribution in [1.29, 1.82) is 0 Å². The van der Waals surface area contributed by atoms with Crippen LogP contribution in [0.1, 0.15) is 38.3 Å². The number of carbonyl (C=O) groups is 3. The van der Waals surface area contributed by atoms with Crippen molar-refractivity contribution in [1.82, 2.24) is 4.90 Å². The minimum atomic E-state index is -1.06. The number of hydrogen-bond donors (Lipinski definition) is 4. The van der Waals surface area contributed by atoms with Gasteiger partial charge in [0.15, 0.2) is 0 Å². The highest BCUT2D eigenvalue weighted by molar-refractivity contribution is 6.05. The Bertz CT molecular complexity index is 1340. The van der Waals surface area contributed by atoms with Gasteiger partial charge in [-0.25, -0.2) is 0 Å². The van der Waals surface area contributed by atoms with Crippen LogP contribution in [0.2, 0.25) is 0 Å². The molecule has 1 atom stereocenters. The summed E-state index contributed by atoms with van der Waals surface area (Å²) in [5, 5.41) is 15.3. The summed E-state index contributed by atoms with van der Waals surface area (Å²) in [5.41, 5.74) is 9.97. The molecule has 8 heteroatoms. The molecule has 0 saturated heterocycles. The lowest BCUT2D eigenvalue weighted by molar-refractivity contribution is -0.138. The quantitative estimate of drug-likeness (QED) is 0.202. The summed E-state index contributed by atoms with van der Waals surface area (Å²) in [6.45, 7) is 1.21. The number of para-hydroxylation sites is 2. The number of carboxylic acid groups (broad SMARTS) is 1. The molecule has 0 radical (unpaired) electrons. The molecule has 8 nitrogen and oxygen atoms in total. The summed E-state index contributed by atoms with van der Waals surface area (Å²) >= 11 is 0. The van der Waals surface area contributed by atoms with Gasteiger partial charge < -0.3 is 21.5 Å². The maximum Gasteiger partial charge on any atom is 0.320 e. The van der Waals surface area contributed by atoms with Gasteiger partial charge in [-0.1, -0.05) is 72.8 Å². The van der Waals surface area contributed by atoms with E-state index in [0.717, 1.165) is 11.1 Å². The SMILES string of the molecule is N[C@@H](CCN(Cc1ccccc1NC(=O)c1ccccc1)Cc1ccccc1NC(=O)c1ccccc1)C(=O)O. The highest BCUT2D eigenvalue weighted by Gasteiger charge is 2.18. The van der Waals surface area contributed by atoms with Crippen molar-refractivity contribution in [2.24, 2.45) is 5.73 Å². The van der Waals surface area contributed by atoms with Crippen molar-refractivity contribution in [2.75, 3.05) is 17.2 Å². The Morgan fingerprint density at radius 2 is 1.05 bits per heavy atom. The van der Waals surface area contributed by atoms with Gasteiger partial charge in [-0.05, 0) is 53.9 Å². The monoisotopic (exact) mass is 536 g/mol. The number of nitrogens with zero attached hydrogens (tertiary/aromatic N) is 1. The van der Waals surface area contributed by atoms with Crippen molar-refractivity contribution in [3.8, 4) is 0 Å². The average Bonchev–Trinajstić information content (AvgIpc) is 2.98. The molecule has 0 fully saturated rings. The summed E-state index contributed by atoms with van der Waals surface area (Å²) in [7, 11) is 0. The molecular weight excluding hydrogens is 504 g/mol. The van der Waals surface area contributed by atoms with Crippen LogP contribution in [0.5, 0.6) is 0 Å². The fourth-order valence-electron chi connectivity index (χ4n) is 4.27. The van der Waals surface area contributed by atoms with E-state index in [0.29, 0.717) is 42.1 Å². The highest BCUT2D eigenvalue weighted by atomic mass is 16.4. The van der Waals surface area contributed by atoms with Crippen molar-refractivity contribution >= 4 is 29.2 Å². The number of carbonyl (C=O) groups excluding carboxylic acids is 2. The number of amides is 2. The fraction of sp³-hybridized carbons (Fsp3) is 0.156. The number of nitrogens with one attached hydrogen (secondary N) is 2. The average molecular weight is 537 g/mol. The number of hydrogen-bond acceptors (Lipinski definition) is 5. The van der Waals surface area contributed by atoms with E-state index in [4.69, 9.17) is 5.73 Å². The number of rotatable bonds is 12. The largest absolute Gasteiger partial charge is 0.480 e. The van der Waals surface area contributed by atoms with E-state index in [1.807, 2.05) is 84.9 Å². The lowest BCUT2D eigenvalue weighted by Gasteiger charge is -2.26. The molecule has 0 aromatic heterocycles. The summed E-state index contributed by atoms with van der Waals surface area (Å²) in [6.07, 6.45) is 0.229. The van der Waals surface area contributed by atoms with Crippen molar-refractivity contribution in [2.45, 2.75) is 25.6 Å². The number of benzene rings is 4. The zero-order chi connectivity index (χ0) is 28.3. The van der Waals surface area contributed by atoms with Crippen molar-refractivity contribution in [3.05, 3.63) is 131 Å². The van der Waals surface area contributed by atoms with Crippen LogP contribution in [0.15, 0.2) is 109 Å². The first kappa shape index (κ1) is 28.2. The molecular formula is C32H32N4O4. The van der Waals surface area contributed by atoms with Crippen molar-refractivity contribution in [3.63, 3.8) is 0 Å². The van der Waals surface area contributed by atoms with Crippen LogP contribution in [0.3, 0.4) is 0 Å². The van der Waals surface area contributed by atoms with Gasteiger partial charge in [-0.2, -0.15) is 0 Å². The molecule has 0 aliphatic carbocycles. The molecule has 0 aliphatic rings. The van der Waals surface area contributed by atoms with Crippen LogP contribution in [0.25, 0.3) is 0 Å². The van der Waals surface area contributed by atoms with Gasteiger partial charge in [0.1, 0.15) is 6.04 Å². The van der Waals surface area contributed by atoms with E-state index in [1.165, 1.54) is 0 Å². The maximum atomic E-state index is 12.9. The van der Waals surface area contributed by atoms with Gasteiger partial charge in [0.25, 0.3) is 11.8 Å². The normalized spacial score (nSPS) is 11.6. The lowest BCUT2D eigenvalue weighted by Crippen LogP contribution is -2.35. The Morgan fingerprint density at radius 3 is 1.48 bits per heavy atom. The number of aliphatic carboxylic acids is 1. The predicted molar refractivity (Wildman–Crippen MR) is 156 cm³/mol. The minimum absolute atomic E-state index is 0.221. The molecule has 0 aliphatic heterocycles. The first-order valence-electron chi connectivity index (χ1n) is 13.0.